The Morgan fingerprint density at radius 1 is 1.25 bits per heavy atom. The van der Waals surface area contributed by atoms with Crippen molar-refractivity contribution >= 4 is 11.0 Å². The minimum Gasteiger partial charge on any atom is -0.496 e. The maximum atomic E-state index is 6.02. The standard InChI is InChI=1S/C16H23NO3/c1-6-7-17-11(3)16-10(2)15-13(19-5)8-12(18-4)9-14(15)20-16/h8-9,11,17H,6-7H2,1-5H3. The van der Waals surface area contributed by atoms with Gasteiger partial charge in [-0.05, 0) is 26.8 Å². The summed E-state index contributed by atoms with van der Waals surface area (Å²) in [4.78, 5) is 0. The van der Waals surface area contributed by atoms with Crippen LogP contribution in [-0.2, 0) is 0 Å². The van der Waals surface area contributed by atoms with E-state index in [2.05, 4.69) is 26.1 Å². The van der Waals surface area contributed by atoms with Crippen LogP contribution in [0.5, 0.6) is 11.5 Å². The van der Waals surface area contributed by atoms with Crippen LogP contribution in [0.3, 0.4) is 0 Å². The maximum absolute atomic E-state index is 6.02. The van der Waals surface area contributed by atoms with Gasteiger partial charge in [0, 0.05) is 17.7 Å². The number of hydrogen-bond donors (Lipinski definition) is 1. The zero-order valence-electron chi connectivity index (χ0n) is 12.9. The van der Waals surface area contributed by atoms with Gasteiger partial charge >= 0.3 is 0 Å². The molecule has 1 aromatic carbocycles. The molecule has 0 aliphatic heterocycles. The summed E-state index contributed by atoms with van der Waals surface area (Å²) in [7, 11) is 3.31. The molecule has 1 N–H and O–H groups in total. The van der Waals surface area contributed by atoms with Crippen LogP contribution in [0, 0.1) is 6.92 Å². The summed E-state index contributed by atoms with van der Waals surface area (Å²) in [6.45, 7) is 7.31. The van der Waals surface area contributed by atoms with Gasteiger partial charge in [-0.1, -0.05) is 6.92 Å². The van der Waals surface area contributed by atoms with Gasteiger partial charge in [-0.15, -0.1) is 0 Å². The summed E-state index contributed by atoms with van der Waals surface area (Å²) in [6, 6.07) is 3.97. The molecule has 0 aliphatic rings. The Bertz CT molecular complexity index is 589. The van der Waals surface area contributed by atoms with E-state index in [0.717, 1.165) is 46.8 Å². The number of methoxy groups -OCH3 is 2. The highest BCUT2D eigenvalue weighted by molar-refractivity contribution is 5.89. The van der Waals surface area contributed by atoms with Gasteiger partial charge < -0.3 is 19.2 Å². The fraction of sp³-hybridized carbons (Fsp3) is 0.500. The van der Waals surface area contributed by atoms with Crippen LogP contribution in [0.4, 0.5) is 0 Å². The van der Waals surface area contributed by atoms with Gasteiger partial charge in [-0.2, -0.15) is 0 Å². The first-order valence-corrected chi connectivity index (χ1v) is 7.00. The number of fused-ring (bicyclic) bond motifs is 1. The summed E-state index contributed by atoms with van der Waals surface area (Å²) in [5, 5.41) is 4.47. The molecule has 0 aliphatic carbocycles. The molecule has 0 bridgehead atoms. The number of aryl methyl sites for hydroxylation is 1. The van der Waals surface area contributed by atoms with E-state index in [-0.39, 0.29) is 6.04 Å². The van der Waals surface area contributed by atoms with Crippen LogP contribution in [0.25, 0.3) is 11.0 Å². The highest BCUT2D eigenvalue weighted by Gasteiger charge is 2.19. The van der Waals surface area contributed by atoms with Crippen molar-refractivity contribution in [3.05, 3.63) is 23.5 Å². The molecule has 0 amide bonds. The molecule has 1 unspecified atom stereocenters. The SMILES string of the molecule is CCCNC(C)c1oc2cc(OC)cc(OC)c2c1C. The Balaban J connectivity index is 2.51. The average Bonchev–Trinajstić information content (AvgIpc) is 2.81. The summed E-state index contributed by atoms with van der Waals surface area (Å²) in [5.41, 5.74) is 1.93. The molecule has 1 heterocycles. The number of ether oxygens (including phenoxy) is 2. The number of furan rings is 1. The summed E-state index contributed by atoms with van der Waals surface area (Å²) in [6.07, 6.45) is 1.10. The largest absolute Gasteiger partial charge is 0.496 e. The highest BCUT2D eigenvalue weighted by atomic mass is 16.5. The number of hydrogen-bond acceptors (Lipinski definition) is 4. The number of rotatable bonds is 6. The third-order valence-corrected chi connectivity index (χ3v) is 3.55. The highest BCUT2D eigenvalue weighted by Crippen LogP contribution is 2.38. The van der Waals surface area contributed by atoms with Gasteiger partial charge in [0.1, 0.15) is 22.8 Å². The average molecular weight is 277 g/mol. The van der Waals surface area contributed by atoms with Crippen molar-refractivity contribution in [2.24, 2.45) is 0 Å². The van der Waals surface area contributed by atoms with E-state index in [0.29, 0.717) is 0 Å². The molecule has 20 heavy (non-hydrogen) atoms. The van der Waals surface area contributed by atoms with Crippen LogP contribution >= 0.6 is 0 Å². The minimum atomic E-state index is 0.179. The summed E-state index contributed by atoms with van der Waals surface area (Å²) < 4.78 is 16.8. The van der Waals surface area contributed by atoms with Gasteiger partial charge in [0.25, 0.3) is 0 Å². The first kappa shape index (κ1) is 14.7. The molecule has 4 heteroatoms. The summed E-state index contributed by atoms with van der Waals surface area (Å²) >= 11 is 0. The van der Waals surface area contributed by atoms with Crippen molar-refractivity contribution in [1.82, 2.24) is 5.32 Å². The van der Waals surface area contributed by atoms with Crippen molar-refractivity contribution < 1.29 is 13.9 Å². The number of benzene rings is 1. The van der Waals surface area contributed by atoms with E-state index in [1.807, 2.05) is 12.1 Å². The van der Waals surface area contributed by atoms with E-state index in [1.165, 1.54) is 0 Å². The first-order valence-electron chi connectivity index (χ1n) is 7.00. The van der Waals surface area contributed by atoms with Crippen LogP contribution in [0.1, 0.15) is 37.6 Å². The molecule has 0 spiro atoms. The Morgan fingerprint density at radius 2 is 2.00 bits per heavy atom. The van der Waals surface area contributed by atoms with Crippen LogP contribution in [0.2, 0.25) is 0 Å². The van der Waals surface area contributed by atoms with E-state index in [1.54, 1.807) is 14.2 Å². The van der Waals surface area contributed by atoms with Gasteiger partial charge in [0.05, 0.1) is 25.6 Å². The molecule has 2 aromatic rings. The molecule has 0 radical (unpaired) electrons. The zero-order valence-corrected chi connectivity index (χ0v) is 12.9. The van der Waals surface area contributed by atoms with Crippen LogP contribution < -0.4 is 14.8 Å². The van der Waals surface area contributed by atoms with E-state index >= 15 is 0 Å². The molecule has 1 aromatic heterocycles. The predicted octanol–water partition coefficient (Wildman–Crippen LogP) is 3.82. The Labute approximate surface area is 120 Å². The Morgan fingerprint density at radius 3 is 2.60 bits per heavy atom. The topological polar surface area (TPSA) is 43.6 Å². The third-order valence-electron chi connectivity index (χ3n) is 3.55. The van der Waals surface area contributed by atoms with Crippen LogP contribution in [0.15, 0.2) is 16.5 Å². The van der Waals surface area contributed by atoms with Crippen LogP contribution in [-0.4, -0.2) is 20.8 Å². The normalized spacial score (nSPS) is 12.7. The second kappa shape index (κ2) is 6.18. The van der Waals surface area contributed by atoms with Crippen molar-refractivity contribution in [1.29, 1.82) is 0 Å². The smallest absolute Gasteiger partial charge is 0.142 e. The van der Waals surface area contributed by atoms with Crippen molar-refractivity contribution in [2.75, 3.05) is 20.8 Å². The monoisotopic (exact) mass is 277 g/mol. The molecule has 0 saturated carbocycles. The molecule has 2 rings (SSSR count). The molecule has 0 fully saturated rings. The van der Waals surface area contributed by atoms with Crippen molar-refractivity contribution in [3.8, 4) is 11.5 Å². The molecule has 110 valence electrons. The lowest BCUT2D eigenvalue weighted by Crippen LogP contribution is -2.19. The maximum Gasteiger partial charge on any atom is 0.142 e. The van der Waals surface area contributed by atoms with Crippen molar-refractivity contribution in [2.45, 2.75) is 33.2 Å². The predicted molar refractivity (Wildman–Crippen MR) is 80.8 cm³/mol. The Hall–Kier alpha value is -1.68. The fourth-order valence-corrected chi connectivity index (χ4v) is 2.48. The minimum absolute atomic E-state index is 0.179. The van der Waals surface area contributed by atoms with E-state index in [9.17, 15) is 0 Å². The van der Waals surface area contributed by atoms with Crippen molar-refractivity contribution in [3.63, 3.8) is 0 Å². The Kier molecular flexibility index (Phi) is 4.55. The number of nitrogens with one attached hydrogen (secondary N) is 1. The molecular formula is C16H23NO3. The molecule has 4 nitrogen and oxygen atoms in total. The molecule has 1 atom stereocenters. The lowest BCUT2D eigenvalue weighted by Gasteiger charge is -2.11. The fourth-order valence-electron chi connectivity index (χ4n) is 2.48. The second-order valence-electron chi connectivity index (χ2n) is 4.97. The second-order valence-corrected chi connectivity index (χ2v) is 4.97. The third kappa shape index (κ3) is 2.61. The van der Waals surface area contributed by atoms with Gasteiger partial charge in [0.2, 0.25) is 0 Å². The van der Waals surface area contributed by atoms with Gasteiger partial charge in [0.15, 0.2) is 0 Å². The van der Waals surface area contributed by atoms with Gasteiger partial charge in [-0.25, -0.2) is 0 Å². The molecular weight excluding hydrogens is 254 g/mol. The summed E-state index contributed by atoms with van der Waals surface area (Å²) in [5.74, 6) is 2.48. The zero-order chi connectivity index (χ0) is 14.7. The quantitative estimate of drug-likeness (QED) is 0.871. The van der Waals surface area contributed by atoms with E-state index in [4.69, 9.17) is 13.9 Å². The lowest BCUT2D eigenvalue weighted by molar-refractivity contribution is 0.396. The first-order chi connectivity index (χ1) is 9.62. The van der Waals surface area contributed by atoms with Gasteiger partial charge in [-0.3, -0.25) is 0 Å². The molecule has 0 saturated heterocycles. The lowest BCUT2D eigenvalue weighted by atomic mass is 10.1. The van der Waals surface area contributed by atoms with E-state index < -0.39 is 0 Å².